The van der Waals surface area contributed by atoms with Gasteiger partial charge in [0.2, 0.25) is 15.9 Å². The number of amides is 2. The van der Waals surface area contributed by atoms with Gasteiger partial charge >= 0.3 is 6.03 Å². The van der Waals surface area contributed by atoms with Crippen LogP contribution in [-0.2, 0) is 29.5 Å². The summed E-state index contributed by atoms with van der Waals surface area (Å²) in [6.45, 7) is 0.352. The molecule has 160 valence electrons. The summed E-state index contributed by atoms with van der Waals surface area (Å²) < 4.78 is 30.7. The van der Waals surface area contributed by atoms with E-state index in [1.165, 1.54) is 0 Å². The number of anilines is 1. The number of carbonyl (C=O) groups excluding carboxylic acids is 1. The van der Waals surface area contributed by atoms with Crippen molar-refractivity contribution in [2.45, 2.75) is 25.9 Å². The van der Waals surface area contributed by atoms with Gasteiger partial charge in [-0.05, 0) is 59.7 Å². The van der Waals surface area contributed by atoms with Crippen molar-refractivity contribution < 1.29 is 17.9 Å². The minimum absolute atomic E-state index is 0.352. The first kappa shape index (κ1) is 20.8. The number of nitrogens with one attached hydrogen (secondary N) is 2. The van der Waals surface area contributed by atoms with Crippen LogP contribution < -0.4 is 14.8 Å². The lowest BCUT2D eigenvalue weighted by Crippen LogP contribution is -2.33. The van der Waals surface area contributed by atoms with Gasteiger partial charge in [-0.15, -0.1) is 0 Å². The molecule has 0 unspecified atom stereocenters. The lowest BCUT2D eigenvalue weighted by Gasteiger charge is -2.17. The number of nitrogens with zero attached hydrogens (tertiary/aromatic N) is 2. The van der Waals surface area contributed by atoms with Crippen LogP contribution in [0.1, 0.15) is 23.1 Å². The Hall–Kier alpha value is -3.46. The molecule has 0 radical (unpaired) electrons. The fourth-order valence-electron chi connectivity index (χ4n) is 3.65. The van der Waals surface area contributed by atoms with E-state index in [9.17, 15) is 13.2 Å². The summed E-state index contributed by atoms with van der Waals surface area (Å²) in [6.07, 6.45) is 8.71. The summed E-state index contributed by atoms with van der Waals surface area (Å²) in [5.41, 5.74) is 5.35. The molecule has 0 aliphatic heterocycles. The molecule has 1 aromatic carbocycles. The molecule has 31 heavy (non-hydrogen) atoms. The highest BCUT2D eigenvalue weighted by molar-refractivity contribution is 7.89. The van der Waals surface area contributed by atoms with Crippen LogP contribution in [-0.4, -0.2) is 30.7 Å². The number of aromatic nitrogens is 2. The Kier molecular flexibility index (Phi) is 5.85. The number of rotatable bonds is 6. The van der Waals surface area contributed by atoms with Crippen LogP contribution in [0.5, 0.6) is 5.88 Å². The second-order valence-corrected chi connectivity index (χ2v) is 9.08. The first-order valence-electron chi connectivity index (χ1n) is 9.81. The van der Waals surface area contributed by atoms with Crippen LogP contribution in [0, 0.1) is 0 Å². The zero-order valence-corrected chi connectivity index (χ0v) is 17.8. The molecule has 0 saturated carbocycles. The van der Waals surface area contributed by atoms with Gasteiger partial charge in [-0.2, -0.15) is 0 Å². The van der Waals surface area contributed by atoms with Crippen LogP contribution in [0.3, 0.4) is 0 Å². The Bertz CT molecular complexity index is 1210. The summed E-state index contributed by atoms with van der Waals surface area (Å²) in [5.74, 6) is 0.446. The number of hydrogen-bond donors (Lipinski definition) is 2. The third-order valence-corrected chi connectivity index (χ3v) is 5.54. The predicted octanol–water partition coefficient (Wildman–Crippen LogP) is 3.29. The van der Waals surface area contributed by atoms with E-state index in [2.05, 4.69) is 21.4 Å². The van der Waals surface area contributed by atoms with Crippen molar-refractivity contribution in [3.8, 4) is 17.0 Å². The van der Waals surface area contributed by atoms with E-state index in [0.29, 0.717) is 18.2 Å². The van der Waals surface area contributed by atoms with Gasteiger partial charge in [0.15, 0.2) is 0 Å². The maximum atomic E-state index is 12.3. The molecule has 4 rings (SSSR count). The molecule has 2 N–H and O–H groups in total. The molecule has 0 atom stereocenters. The number of hydrogen-bond acceptors (Lipinski definition) is 6. The Labute approximate surface area is 180 Å². The quantitative estimate of drug-likeness (QED) is 0.611. The average Bonchev–Trinajstić information content (AvgIpc) is 3.21. The molecular weight excluding hydrogens is 416 g/mol. The highest BCUT2D eigenvalue weighted by Gasteiger charge is 2.21. The number of benzene rings is 1. The normalized spacial score (nSPS) is 12.8. The smallest absolute Gasteiger partial charge is 0.332 e. The first-order chi connectivity index (χ1) is 14.9. The van der Waals surface area contributed by atoms with E-state index < -0.39 is 16.1 Å². The van der Waals surface area contributed by atoms with Crippen LogP contribution in [0.15, 0.2) is 55.0 Å². The second-order valence-electron chi connectivity index (χ2n) is 7.33. The van der Waals surface area contributed by atoms with E-state index >= 15 is 0 Å². The summed E-state index contributed by atoms with van der Waals surface area (Å²) in [5, 5.41) is 2.75. The highest BCUT2D eigenvalue weighted by Crippen LogP contribution is 2.38. The Morgan fingerprint density at radius 2 is 1.90 bits per heavy atom. The third kappa shape index (κ3) is 5.18. The maximum Gasteiger partial charge on any atom is 0.332 e. The molecule has 0 spiro atoms. The minimum Gasteiger partial charge on any atom is -0.473 e. The van der Waals surface area contributed by atoms with Gasteiger partial charge in [-0.1, -0.05) is 12.1 Å². The Balaban J connectivity index is 1.64. The van der Waals surface area contributed by atoms with Crippen molar-refractivity contribution >= 4 is 21.7 Å². The maximum absolute atomic E-state index is 12.3. The average molecular weight is 439 g/mol. The van der Waals surface area contributed by atoms with Gasteiger partial charge in [0.05, 0.1) is 11.9 Å². The molecule has 2 heterocycles. The van der Waals surface area contributed by atoms with Crippen LogP contribution in [0.4, 0.5) is 10.5 Å². The van der Waals surface area contributed by atoms with Gasteiger partial charge in [-0.25, -0.2) is 22.9 Å². The topological polar surface area (TPSA) is 110 Å². The van der Waals surface area contributed by atoms with Gasteiger partial charge < -0.3 is 10.1 Å². The third-order valence-electron chi connectivity index (χ3n) is 4.98. The van der Waals surface area contributed by atoms with Gasteiger partial charge in [-0.3, -0.25) is 4.98 Å². The molecule has 0 fully saturated rings. The number of fused-ring (bicyclic) bond motifs is 1. The highest BCUT2D eigenvalue weighted by atomic mass is 32.2. The summed E-state index contributed by atoms with van der Waals surface area (Å²) in [7, 11) is -3.67. The summed E-state index contributed by atoms with van der Waals surface area (Å²) in [4.78, 5) is 20.6. The molecule has 1 aliphatic carbocycles. The molecule has 2 amide bonds. The number of pyridine rings is 2. The second kappa shape index (κ2) is 8.73. The molecule has 2 aromatic heterocycles. The fraction of sp³-hybridized carbons (Fsp3) is 0.227. The monoisotopic (exact) mass is 438 g/mol. The number of aryl methyl sites for hydroxylation is 1. The van der Waals surface area contributed by atoms with Crippen LogP contribution in [0.2, 0.25) is 0 Å². The number of carbonyl (C=O) groups is 1. The van der Waals surface area contributed by atoms with Crippen LogP contribution >= 0.6 is 0 Å². The Morgan fingerprint density at radius 1 is 1.10 bits per heavy atom. The summed E-state index contributed by atoms with van der Waals surface area (Å²) in [6, 6.07) is 10.6. The Morgan fingerprint density at radius 3 is 2.68 bits per heavy atom. The van der Waals surface area contributed by atoms with Gasteiger partial charge in [0.25, 0.3) is 0 Å². The first-order valence-corrected chi connectivity index (χ1v) is 11.7. The molecule has 1 aliphatic rings. The predicted molar refractivity (Wildman–Crippen MR) is 117 cm³/mol. The molecule has 9 heteroatoms. The zero-order chi connectivity index (χ0) is 21.8. The van der Waals surface area contributed by atoms with Gasteiger partial charge in [0, 0.05) is 30.2 Å². The van der Waals surface area contributed by atoms with Crippen LogP contribution in [0.25, 0.3) is 11.1 Å². The van der Waals surface area contributed by atoms with E-state index in [-0.39, 0.29) is 0 Å². The van der Waals surface area contributed by atoms with Crippen molar-refractivity contribution in [1.29, 1.82) is 0 Å². The number of sulfonamides is 1. The lowest BCUT2D eigenvalue weighted by molar-refractivity contribution is 0.256. The number of urea groups is 1. The van der Waals surface area contributed by atoms with E-state index in [0.717, 1.165) is 53.3 Å². The van der Waals surface area contributed by atoms with Gasteiger partial charge in [0.1, 0.15) is 6.61 Å². The molecule has 3 aromatic rings. The largest absolute Gasteiger partial charge is 0.473 e. The van der Waals surface area contributed by atoms with Crippen molar-refractivity contribution in [3.63, 3.8) is 0 Å². The van der Waals surface area contributed by atoms with Crippen molar-refractivity contribution in [2.75, 3.05) is 11.6 Å². The zero-order valence-electron chi connectivity index (χ0n) is 17.0. The van der Waals surface area contributed by atoms with E-state index in [1.54, 1.807) is 24.7 Å². The molecule has 8 nitrogen and oxygen atoms in total. The molecular formula is C22H22N4O4S. The lowest BCUT2D eigenvalue weighted by atomic mass is 9.98. The molecule has 0 bridgehead atoms. The van der Waals surface area contributed by atoms with Crippen molar-refractivity contribution in [1.82, 2.24) is 14.7 Å². The number of ether oxygens (including phenoxy) is 1. The fourth-order valence-corrected chi connectivity index (χ4v) is 4.04. The molecule has 0 saturated heterocycles. The SMILES string of the molecule is CS(=O)(=O)NC(=O)Nc1c(-c2ccnc(OCc3ccncc3)c2)ccc2c1CCC2. The minimum atomic E-state index is -3.67. The van der Waals surface area contributed by atoms with E-state index in [1.807, 2.05) is 29.0 Å². The van der Waals surface area contributed by atoms with E-state index in [4.69, 9.17) is 4.74 Å². The summed E-state index contributed by atoms with van der Waals surface area (Å²) >= 11 is 0. The van der Waals surface area contributed by atoms with Crippen molar-refractivity contribution in [2.24, 2.45) is 0 Å². The standard InChI is InChI=1S/C22H22N4O4S/c1-31(28,29)26-22(27)25-21-18-4-2-3-16(18)5-6-19(21)17-9-12-24-20(13-17)30-14-15-7-10-23-11-8-15/h5-13H,2-4,14H2,1H3,(H2,25,26,27). The van der Waals surface area contributed by atoms with Crippen molar-refractivity contribution in [3.05, 3.63) is 71.7 Å².